The number of ether oxygens (including phenoxy) is 2. The van der Waals surface area contributed by atoms with Gasteiger partial charge in [-0.1, -0.05) is 0 Å². The number of aryl methyl sites for hydroxylation is 1. The van der Waals surface area contributed by atoms with Crippen molar-refractivity contribution in [2.45, 2.75) is 25.2 Å². The van der Waals surface area contributed by atoms with E-state index in [2.05, 4.69) is 30.5 Å². The Kier molecular flexibility index (Phi) is 7.26. The Morgan fingerprint density at radius 3 is 2.83 bits per heavy atom. The molecule has 2 N–H and O–H groups in total. The van der Waals surface area contributed by atoms with Gasteiger partial charge in [0.2, 0.25) is 0 Å². The predicted molar refractivity (Wildman–Crippen MR) is 146 cm³/mol. The quantitative estimate of drug-likeness (QED) is 0.284. The Labute approximate surface area is 237 Å². The summed E-state index contributed by atoms with van der Waals surface area (Å²) < 4.78 is 42.1. The highest BCUT2D eigenvalue weighted by Crippen LogP contribution is 2.39. The van der Waals surface area contributed by atoms with Crippen molar-refractivity contribution in [3.05, 3.63) is 67.0 Å². The average Bonchev–Trinajstić information content (AvgIpc) is 3.68. The number of carbonyl (C=O) groups is 1. The molecule has 1 saturated heterocycles. The molecule has 0 bridgehead atoms. The van der Waals surface area contributed by atoms with Crippen molar-refractivity contribution < 1.29 is 28.2 Å². The minimum absolute atomic E-state index is 0.158. The van der Waals surface area contributed by atoms with Crippen LogP contribution in [0.3, 0.4) is 0 Å². The molecule has 0 radical (unpaired) electrons. The van der Waals surface area contributed by atoms with Crippen LogP contribution in [0.25, 0.3) is 16.9 Å². The van der Waals surface area contributed by atoms with E-state index in [1.807, 2.05) is 7.05 Å². The molecule has 1 fully saturated rings. The largest absolute Gasteiger partial charge is 0.454 e. The van der Waals surface area contributed by atoms with Crippen LogP contribution in [0.5, 0.6) is 17.2 Å². The molecule has 6 rings (SSSR count). The van der Waals surface area contributed by atoms with E-state index in [-0.39, 0.29) is 34.3 Å². The number of amides is 1. The number of piperidine rings is 1. The van der Waals surface area contributed by atoms with Crippen LogP contribution < -0.4 is 14.8 Å². The monoisotopic (exact) mass is 579 g/mol. The number of rotatable bonds is 8. The second kappa shape index (κ2) is 11.2. The van der Waals surface area contributed by atoms with Gasteiger partial charge in [0.15, 0.2) is 11.4 Å². The number of aromatic nitrogens is 7. The molecule has 13 nitrogen and oxygen atoms in total. The maximum Gasteiger partial charge on any atom is 0.387 e. The van der Waals surface area contributed by atoms with Crippen molar-refractivity contribution in [3.8, 4) is 28.5 Å². The molecule has 218 valence electrons. The van der Waals surface area contributed by atoms with Crippen LogP contribution in [0, 0.1) is 0 Å². The maximum absolute atomic E-state index is 13.3. The predicted octanol–water partition coefficient (Wildman–Crippen LogP) is 3.21. The number of aliphatic hydroxyl groups is 1. The molecule has 15 heteroatoms. The van der Waals surface area contributed by atoms with Gasteiger partial charge in [-0.25, -0.2) is 9.50 Å². The third-order valence-corrected chi connectivity index (χ3v) is 6.93. The van der Waals surface area contributed by atoms with Crippen molar-refractivity contribution in [1.82, 2.24) is 39.1 Å². The molecule has 4 aromatic heterocycles. The van der Waals surface area contributed by atoms with E-state index in [4.69, 9.17) is 9.47 Å². The molecule has 42 heavy (non-hydrogen) atoms. The van der Waals surface area contributed by atoms with Gasteiger partial charge in [-0.2, -0.15) is 24.1 Å². The molecule has 2 atom stereocenters. The van der Waals surface area contributed by atoms with E-state index in [9.17, 15) is 18.7 Å². The number of anilines is 1. The van der Waals surface area contributed by atoms with E-state index in [0.717, 1.165) is 13.0 Å². The number of alkyl halides is 2. The molecule has 1 amide bonds. The van der Waals surface area contributed by atoms with Gasteiger partial charge in [0.1, 0.15) is 22.8 Å². The van der Waals surface area contributed by atoms with Gasteiger partial charge < -0.3 is 24.8 Å². The number of benzene rings is 1. The Morgan fingerprint density at radius 2 is 2.02 bits per heavy atom. The minimum Gasteiger partial charge on any atom is -0.454 e. The fourth-order valence-electron chi connectivity index (χ4n) is 4.99. The van der Waals surface area contributed by atoms with Crippen LogP contribution in [0.2, 0.25) is 0 Å². The van der Waals surface area contributed by atoms with Crippen molar-refractivity contribution in [3.63, 3.8) is 0 Å². The first-order valence-electron chi connectivity index (χ1n) is 13.1. The molecule has 1 aliphatic heterocycles. The van der Waals surface area contributed by atoms with Crippen molar-refractivity contribution in [1.29, 1.82) is 0 Å². The molecular formula is C27H27F2N9O4. The minimum atomic E-state index is -3.10. The summed E-state index contributed by atoms with van der Waals surface area (Å²) in [5.41, 5.74) is 1.17. The second-order valence-electron chi connectivity index (χ2n) is 9.95. The van der Waals surface area contributed by atoms with E-state index in [1.165, 1.54) is 39.8 Å². The number of likely N-dealkylation sites (N-methyl/N-ethyl adjacent to an activating group) is 1. The smallest absolute Gasteiger partial charge is 0.387 e. The molecule has 2 unspecified atom stereocenters. The number of likely N-dealkylation sites (tertiary alicyclic amines) is 1. The summed E-state index contributed by atoms with van der Waals surface area (Å²) in [6, 6.07) is 5.81. The van der Waals surface area contributed by atoms with Gasteiger partial charge in [-0.05, 0) is 37.7 Å². The number of hydrogen-bond acceptors (Lipinski definition) is 9. The summed E-state index contributed by atoms with van der Waals surface area (Å²) in [5.74, 6) is 0.0223. The molecule has 5 aromatic rings. The first-order chi connectivity index (χ1) is 20.2. The fraction of sp³-hybridized carbons (Fsp3) is 0.296. The number of nitrogens with one attached hydrogen (secondary N) is 1. The van der Waals surface area contributed by atoms with Gasteiger partial charge in [-0.3, -0.25) is 14.2 Å². The Bertz CT molecular complexity index is 1730. The summed E-state index contributed by atoms with van der Waals surface area (Å²) in [6.45, 7) is -1.74. The van der Waals surface area contributed by atoms with Crippen LogP contribution >= 0.6 is 0 Å². The fourth-order valence-corrected chi connectivity index (χ4v) is 4.99. The van der Waals surface area contributed by atoms with Gasteiger partial charge in [0, 0.05) is 38.7 Å². The molecule has 5 heterocycles. The van der Waals surface area contributed by atoms with E-state index >= 15 is 0 Å². The van der Waals surface area contributed by atoms with Crippen LogP contribution in [0.4, 0.5) is 14.5 Å². The first-order valence-corrected chi connectivity index (χ1v) is 13.1. The second-order valence-corrected chi connectivity index (χ2v) is 9.95. The number of nitrogens with zero attached hydrogens (tertiary/aromatic N) is 8. The SMILES string of the molecule is CN1CCC(n2cc(Oc3ccc(OC(F)F)c(-c4nn(C)cc4NC(=O)c4cnn5cccnc45)c3)cn2)C(O)C1. The lowest BCUT2D eigenvalue weighted by molar-refractivity contribution is -0.0494. The first kappa shape index (κ1) is 27.3. The standard InChI is InChI=1S/C27H27F2N9O4/c1-35-9-6-21(22(39)15-35)38-13-17(11-31-38)41-16-4-5-23(42-27(28)29)18(10-16)24-20(14-36(2)34-24)33-26(40)19-12-32-37-8-3-7-30-25(19)37/h3-5,7-8,10-14,21-22,27,39H,6,9,15H2,1-2H3,(H,33,40). The lowest BCUT2D eigenvalue weighted by Gasteiger charge is -2.33. The van der Waals surface area contributed by atoms with Gasteiger partial charge in [0.05, 0.1) is 42.0 Å². The third-order valence-electron chi connectivity index (χ3n) is 6.93. The summed E-state index contributed by atoms with van der Waals surface area (Å²) in [6.07, 6.45) is 9.48. The van der Waals surface area contributed by atoms with Crippen LogP contribution in [-0.4, -0.2) is 82.9 Å². The Hall–Kier alpha value is -4.89. The maximum atomic E-state index is 13.3. The van der Waals surface area contributed by atoms with Gasteiger partial charge in [-0.15, -0.1) is 0 Å². The number of hydrogen-bond donors (Lipinski definition) is 2. The van der Waals surface area contributed by atoms with E-state index in [0.29, 0.717) is 23.7 Å². The number of halogens is 2. The number of aliphatic hydroxyl groups excluding tert-OH is 1. The number of β-amino-alcohol motifs (C(OH)–C–C–N with tert-alkyl or cyclic N) is 1. The normalized spacial score (nSPS) is 17.6. The van der Waals surface area contributed by atoms with E-state index in [1.54, 1.807) is 42.6 Å². The summed E-state index contributed by atoms with van der Waals surface area (Å²) in [7, 11) is 3.58. The highest BCUT2D eigenvalue weighted by molar-refractivity contribution is 6.09. The lowest BCUT2D eigenvalue weighted by Crippen LogP contribution is -2.42. The molecule has 1 aromatic carbocycles. The van der Waals surface area contributed by atoms with Crippen molar-refractivity contribution in [2.75, 3.05) is 25.5 Å². The highest BCUT2D eigenvalue weighted by atomic mass is 19.3. The number of fused-ring (bicyclic) bond motifs is 1. The zero-order valence-corrected chi connectivity index (χ0v) is 22.6. The summed E-state index contributed by atoms with van der Waals surface area (Å²) in [4.78, 5) is 19.4. The zero-order chi connectivity index (χ0) is 29.4. The van der Waals surface area contributed by atoms with Gasteiger partial charge in [0.25, 0.3) is 5.91 Å². The average molecular weight is 580 g/mol. The zero-order valence-electron chi connectivity index (χ0n) is 22.6. The Balaban J connectivity index is 1.29. The lowest BCUT2D eigenvalue weighted by atomic mass is 10.0. The molecule has 0 saturated carbocycles. The van der Waals surface area contributed by atoms with Crippen LogP contribution in [0.1, 0.15) is 22.8 Å². The third kappa shape index (κ3) is 5.51. The number of carbonyl (C=O) groups excluding carboxylic acids is 1. The van der Waals surface area contributed by atoms with Gasteiger partial charge >= 0.3 is 6.61 Å². The van der Waals surface area contributed by atoms with Crippen molar-refractivity contribution in [2.24, 2.45) is 7.05 Å². The topological polar surface area (TPSA) is 137 Å². The highest BCUT2D eigenvalue weighted by Gasteiger charge is 2.28. The molecular weight excluding hydrogens is 552 g/mol. The van der Waals surface area contributed by atoms with E-state index < -0.39 is 18.6 Å². The molecule has 0 spiro atoms. The molecule has 1 aliphatic rings. The summed E-state index contributed by atoms with van der Waals surface area (Å²) in [5, 5.41) is 26.2. The van der Waals surface area contributed by atoms with Crippen molar-refractivity contribution >= 4 is 17.2 Å². The van der Waals surface area contributed by atoms with Crippen LogP contribution in [0.15, 0.2) is 61.4 Å². The summed E-state index contributed by atoms with van der Waals surface area (Å²) >= 11 is 0. The Morgan fingerprint density at radius 1 is 1.17 bits per heavy atom. The molecule has 0 aliphatic carbocycles. The van der Waals surface area contributed by atoms with Crippen LogP contribution in [-0.2, 0) is 7.05 Å².